The standard InChI is InChI=1S/C29H48O/c1-7-21(19(2)3)9-8-20(4)25-12-13-26-24-11-10-22-18-23(30)14-16-28(22,5)27(24)15-17-29(25,26)6/h8-10,19-21,23-27,30H,7,11-18H2,1-6H3/b9-8-/t20-,21+,23-,24+,25-,26+,27+,28-,29+/m0/s1. The summed E-state index contributed by atoms with van der Waals surface area (Å²) in [6, 6.07) is 0. The van der Waals surface area contributed by atoms with Crippen LogP contribution in [0.4, 0.5) is 0 Å². The van der Waals surface area contributed by atoms with Gasteiger partial charge in [-0.15, -0.1) is 0 Å². The predicted molar refractivity (Wildman–Crippen MR) is 128 cm³/mol. The first-order valence-electron chi connectivity index (χ1n) is 13.3. The minimum absolute atomic E-state index is 0.0870. The summed E-state index contributed by atoms with van der Waals surface area (Å²) in [6.07, 6.45) is 19.1. The van der Waals surface area contributed by atoms with Crippen LogP contribution in [0.15, 0.2) is 23.8 Å². The van der Waals surface area contributed by atoms with Gasteiger partial charge in [0.25, 0.3) is 0 Å². The van der Waals surface area contributed by atoms with Gasteiger partial charge in [0, 0.05) is 0 Å². The van der Waals surface area contributed by atoms with Gasteiger partial charge in [-0.05, 0) is 110 Å². The summed E-state index contributed by atoms with van der Waals surface area (Å²) in [5.41, 5.74) is 2.51. The highest BCUT2D eigenvalue weighted by atomic mass is 16.3. The normalized spacial score (nSPS) is 45.6. The molecule has 0 saturated heterocycles. The molecule has 4 rings (SSSR count). The summed E-state index contributed by atoms with van der Waals surface area (Å²) in [7, 11) is 0. The van der Waals surface area contributed by atoms with E-state index >= 15 is 0 Å². The molecule has 3 saturated carbocycles. The van der Waals surface area contributed by atoms with E-state index in [0.29, 0.717) is 16.7 Å². The molecule has 4 aliphatic rings. The topological polar surface area (TPSA) is 20.2 Å². The number of allylic oxidation sites excluding steroid dienone is 3. The third-order valence-electron chi connectivity index (χ3n) is 10.8. The Labute approximate surface area is 186 Å². The van der Waals surface area contributed by atoms with Crippen LogP contribution in [0.5, 0.6) is 0 Å². The molecule has 0 bridgehead atoms. The molecule has 0 unspecified atom stereocenters. The van der Waals surface area contributed by atoms with E-state index in [1.54, 1.807) is 5.57 Å². The highest BCUT2D eigenvalue weighted by Gasteiger charge is 2.58. The lowest BCUT2D eigenvalue weighted by atomic mass is 9.47. The van der Waals surface area contributed by atoms with E-state index in [9.17, 15) is 5.11 Å². The van der Waals surface area contributed by atoms with E-state index < -0.39 is 0 Å². The van der Waals surface area contributed by atoms with Gasteiger partial charge in [0.1, 0.15) is 0 Å². The summed E-state index contributed by atoms with van der Waals surface area (Å²) in [6.45, 7) is 14.8. The third kappa shape index (κ3) is 3.66. The SMILES string of the molecule is CC[C@H](/C=C\[C@H](C)[C@@H]1CC[C@@H]2[C@H]3CC=C4C[C@@H](O)CC[C@]4(C)[C@@H]3CC[C@@]21C)C(C)C. The van der Waals surface area contributed by atoms with E-state index in [1.165, 1.54) is 44.9 Å². The summed E-state index contributed by atoms with van der Waals surface area (Å²) in [4.78, 5) is 0. The van der Waals surface area contributed by atoms with Gasteiger partial charge < -0.3 is 5.11 Å². The second-order valence-electron chi connectivity index (χ2n) is 12.4. The minimum atomic E-state index is -0.0870. The van der Waals surface area contributed by atoms with Crippen molar-refractivity contribution >= 4 is 0 Å². The highest BCUT2D eigenvalue weighted by Crippen LogP contribution is 2.67. The van der Waals surface area contributed by atoms with E-state index in [1.807, 2.05) is 0 Å². The van der Waals surface area contributed by atoms with Crippen molar-refractivity contribution in [2.75, 3.05) is 0 Å². The van der Waals surface area contributed by atoms with Crippen LogP contribution in [-0.2, 0) is 0 Å². The van der Waals surface area contributed by atoms with Crippen molar-refractivity contribution in [3.05, 3.63) is 23.8 Å². The average molecular weight is 413 g/mol. The number of aliphatic hydroxyl groups is 1. The van der Waals surface area contributed by atoms with Crippen molar-refractivity contribution in [1.29, 1.82) is 0 Å². The summed E-state index contributed by atoms with van der Waals surface area (Å²) < 4.78 is 0. The van der Waals surface area contributed by atoms with Crippen molar-refractivity contribution in [2.24, 2.45) is 52.3 Å². The Kier molecular flexibility index (Phi) is 6.35. The van der Waals surface area contributed by atoms with Crippen molar-refractivity contribution < 1.29 is 5.11 Å². The van der Waals surface area contributed by atoms with Gasteiger partial charge >= 0.3 is 0 Å². The molecule has 9 atom stereocenters. The van der Waals surface area contributed by atoms with Crippen molar-refractivity contribution in [1.82, 2.24) is 0 Å². The Morgan fingerprint density at radius 2 is 1.80 bits per heavy atom. The van der Waals surface area contributed by atoms with Crippen LogP contribution in [-0.4, -0.2) is 11.2 Å². The van der Waals surface area contributed by atoms with Gasteiger partial charge in [0.2, 0.25) is 0 Å². The zero-order chi connectivity index (χ0) is 21.7. The first-order chi connectivity index (χ1) is 14.2. The van der Waals surface area contributed by atoms with Crippen LogP contribution < -0.4 is 0 Å². The lowest BCUT2D eigenvalue weighted by Gasteiger charge is -2.58. The molecule has 0 spiro atoms. The van der Waals surface area contributed by atoms with Gasteiger partial charge in [0.05, 0.1) is 6.10 Å². The van der Waals surface area contributed by atoms with Crippen LogP contribution in [0.25, 0.3) is 0 Å². The fraction of sp³-hybridized carbons (Fsp3) is 0.862. The lowest BCUT2D eigenvalue weighted by molar-refractivity contribution is -0.0540. The molecule has 0 aromatic heterocycles. The molecule has 0 amide bonds. The Balaban J connectivity index is 1.52. The lowest BCUT2D eigenvalue weighted by Crippen LogP contribution is -2.50. The van der Waals surface area contributed by atoms with Crippen LogP contribution in [0.2, 0.25) is 0 Å². The zero-order valence-corrected chi connectivity index (χ0v) is 20.7. The molecule has 0 heterocycles. The molecular weight excluding hydrogens is 364 g/mol. The fourth-order valence-corrected chi connectivity index (χ4v) is 8.83. The molecule has 30 heavy (non-hydrogen) atoms. The monoisotopic (exact) mass is 412 g/mol. The van der Waals surface area contributed by atoms with Gasteiger partial charge in [0.15, 0.2) is 0 Å². The molecule has 170 valence electrons. The molecule has 1 heteroatoms. The quantitative estimate of drug-likeness (QED) is 0.457. The number of hydrogen-bond donors (Lipinski definition) is 1. The molecule has 1 nitrogen and oxygen atoms in total. The molecule has 1 N–H and O–H groups in total. The van der Waals surface area contributed by atoms with E-state index in [-0.39, 0.29) is 6.10 Å². The van der Waals surface area contributed by atoms with Crippen LogP contribution >= 0.6 is 0 Å². The molecule has 0 aromatic rings. The van der Waals surface area contributed by atoms with Crippen LogP contribution in [0, 0.1) is 52.3 Å². The van der Waals surface area contributed by atoms with E-state index in [0.717, 1.165) is 48.3 Å². The molecule has 4 aliphatic carbocycles. The highest BCUT2D eigenvalue weighted by molar-refractivity contribution is 5.25. The first kappa shape index (κ1) is 22.6. The Hall–Kier alpha value is -0.560. The Morgan fingerprint density at radius 1 is 1.03 bits per heavy atom. The maximum atomic E-state index is 10.2. The fourth-order valence-electron chi connectivity index (χ4n) is 8.83. The Bertz CT molecular complexity index is 674. The molecular formula is C29H48O. The smallest absolute Gasteiger partial charge is 0.0577 e. The summed E-state index contributed by atoms with van der Waals surface area (Å²) in [5.74, 6) is 5.70. The van der Waals surface area contributed by atoms with Gasteiger partial charge in [-0.25, -0.2) is 0 Å². The van der Waals surface area contributed by atoms with Crippen molar-refractivity contribution in [3.8, 4) is 0 Å². The van der Waals surface area contributed by atoms with Gasteiger partial charge in [-0.2, -0.15) is 0 Å². The van der Waals surface area contributed by atoms with Crippen LogP contribution in [0.1, 0.15) is 99.3 Å². The third-order valence-corrected chi connectivity index (χ3v) is 10.8. The summed E-state index contributed by atoms with van der Waals surface area (Å²) in [5, 5.41) is 10.2. The van der Waals surface area contributed by atoms with Gasteiger partial charge in [-0.3, -0.25) is 0 Å². The van der Waals surface area contributed by atoms with E-state index in [2.05, 4.69) is 59.8 Å². The number of hydrogen-bond acceptors (Lipinski definition) is 1. The second-order valence-corrected chi connectivity index (χ2v) is 12.4. The largest absolute Gasteiger partial charge is 0.393 e. The minimum Gasteiger partial charge on any atom is -0.393 e. The predicted octanol–water partition coefficient (Wildman–Crippen LogP) is 7.80. The van der Waals surface area contributed by atoms with Crippen LogP contribution in [0.3, 0.4) is 0 Å². The van der Waals surface area contributed by atoms with E-state index in [4.69, 9.17) is 0 Å². The zero-order valence-electron chi connectivity index (χ0n) is 20.7. The molecule has 0 aliphatic heterocycles. The number of aliphatic hydroxyl groups excluding tert-OH is 1. The van der Waals surface area contributed by atoms with Gasteiger partial charge in [-0.1, -0.05) is 65.3 Å². The molecule has 0 aromatic carbocycles. The maximum absolute atomic E-state index is 10.2. The Morgan fingerprint density at radius 3 is 2.50 bits per heavy atom. The second kappa shape index (κ2) is 8.42. The number of fused-ring (bicyclic) bond motifs is 5. The van der Waals surface area contributed by atoms with Crippen molar-refractivity contribution in [3.63, 3.8) is 0 Å². The molecule has 3 fully saturated rings. The molecule has 0 radical (unpaired) electrons. The summed E-state index contributed by atoms with van der Waals surface area (Å²) >= 11 is 0. The number of rotatable bonds is 5. The maximum Gasteiger partial charge on any atom is 0.0577 e. The van der Waals surface area contributed by atoms with Crippen molar-refractivity contribution in [2.45, 2.75) is 105 Å². The average Bonchev–Trinajstić information content (AvgIpc) is 3.06. The first-order valence-corrected chi connectivity index (χ1v) is 13.3.